The molecule has 44 heavy (non-hydrogen) atoms. The first-order chi connectivity index (χ1) is 20.3. The zero-order chi connectivity index (χ0) is 33.1. The second kappa shape index (κ2) is 13.2. The molecule has 0 N–H and O–H groups in total. The van der Waals surface area contributed by atoms with Crippen LogP contribution in [0.2, 0.25) is 0 Å². The van der Waals surface area contributed by atoms with Crippen molar-refractivity contribution in [2.24, 2.45) is 11.3 Å². The average molecular weight is 631 g/mol. The molecule has 242 valence electrons. The highest BCUT2D eigenvalue weighted by Gasteiger charge is 2.74. The number of hydrogen-bond donors (Lipinski definition) is 0. The van der Waals surface area contributed by atoms with Crippen LogP contribution in [-0.2, 0) is 28.6 Å². The predicted molar refractivity (Wildman–Crippen MR) is 147 cm³/mol. The Morgan fingerprint density at radius 1 is 1.02 bits per heavy atom. The van der Waals surface area contributed by atoms with Gasteiger partial charge in [-0.3, -0.25) is 14.4 Å². The van der Waals surface area contributed by atoms with Gasteiger partial charge in [-0.05, 0) is 60.5 Å². The van der Waals surface area contributed by atoms with Crippen LogP contribution in [0.15, 0.2) is 47.1 Å². The standard InChI is InChI=1S/C32H36F6O6/c1-19-24(17-26(42-20(2)39)18-28(19)43-21(3)40)12-11-23-9-8-15-29(5)25(13-14-27(23)29)10-6-7-16-30(31(33,34)35,32(36,37)38)44-22(4)41/h11-13,26-28H,1,6,8-10,14-15,17-18H2,2-5H3/b23-11+,24-12-/t26-,27?,28+,29-/m1/s1. The van der Waals surface area contributed by atoms with Crippen LogP contribution in [0.3, 0.4) is 0 Å². The van der Waals surface area contributed by atoms with Gasteiger partial charge in [0.1, 0.15) is 12.2 Å². The first-order valence-electron chi connectivity index (χ1n) is 14.3. The molecule has 12 heteroatoms. The van der Waals surface area contributed by atoms with Gasteiger partial charge in [0.25, 0.3) is 0 Å². The number of rotatable bonds is 6. The lowest BCUT2D eigenvalue weighted by molar-refractivity contribution is -0.345. The van der Waals surface area contributed by atoms with Crippen molar-refractivity contribution >= 4 is 17.9 Å². The molecule has 3 rings (SSSR count). The molecule has 0 aromatic heterocycles. The molecule has 2 saturated carbocycles. The summed E-state index contributed by atoms with van der Waals surface area (Å²) in [5.74, 6) is 0.561. The lowest BCUT2D eigenvalue weighted by Gasteiger charge is -2.41. The summed E-state index contributed by atoms with van der Waals surface area (Å²) < 4.78 is 95.5. The molecule has 0 aliphatic heterocycles. The molecule has 0 radical (unpaired) electrons. The van der Waals surface area contributed by atoms with Crippen molar-refractivity contribution in [1.82, 2.24) is 0 Å². The Balaban J connectivity index is 1.80. The van der Waals surface area contributed by atoms with Crippen LogP contribution in [0.1, 0.15) is 79.1 Å². The maximum atomic E-state index is 13.5. The topological polar surface area (TPSA) is 78.9 Å². The molecular weight excluding hydrogens is 594 g/mol. The van der Waals surface area contributed by atoms with Gasteiger partial charge in [-0.15, -0.1) is 0 Å². The fraction of sp³-hybridized carbons (Fsp3) is 0.594. The summed E-state index contributed by atoms with van der Waals surface area (Å²) in [5, 5.41) is 0. The zero-order valence-electron chi connectivity index (χ0n) is 25.0. The predicted octanol–water partition coefficient (Wildman–Crippen LogP) is 7.40. The Hall–Kier alpha value is -3.49. The van der Waals surface area contributed by atoms with E-state index in [0.29, 0.717) is 31.8 Å². The number of carbonyl (C=O) groups excluding carboxylic acids is 3. The van der Waals surface area contributed by atoms with E-state index in [1.165, 1.54) is 19.8 Å². The smallest absolute Gasteiger partial charge is 0.450 e. The summed E-state index contributed by atoms with van der Waals surface area (Å²) >= 11 is 0. The molecule has 2 fully saturated rings. The van der Waals surface area contributed by atoms with Crippen LogP contribution in [0.5, 0.6) is 0 Å². The summed E-state index contributed by atoms with van der Waals surface area (Å²) in [5.41, 5.74) is -1.85. The lowest BCUT2D eigenvalue weighted by Crippen LogP contribution is -2.58. The van der Waals surface area contributed by atoms with Crippen molar-refractivity contribution in [3.63, 3.8) is 0 Å². The van der Waals surface area contributed by atoms with Gasteiger partial charge >= 0.3 is 35.9 Å². The molecule has 0 saturated heterocycles. The van der Waals surface area contributed by atoms with Crippen molar-refractivity contribution < 1.29 is 54.9 Å². The minimum absolute atomic E-state index is 0.0620. The van der Waals surface area contributed by atoms with Gasteiger partial charge in [0.05, 0.1) is 0 Å². The summed E-state index contributed by atoms with van der Waals surface area (Å²) in [4.78, 5) is 34.4. The Morgan fingerprint density at radius 3 is 2.23 bits per heavy atom. The number of allylic oxidation sites excluding steroid dienone is 5. The maximum Gasteiger partial charge on any atom is 0.450 e. The summed E-state index contributed by atoms with van der Waals surface area (Å²) in [6, 6.07) is 0. The number of alkyl halides is 6. The molecule has 6 nitrogen and oxygen atoms in total. The highest BCUT2D eigenvalue weighted by molar-refractivity contribution is 5.68. The van der Waals surface area contributed by atoms with Crippen molar-refractivity contribution in [3.8, 4) is 11.8 Å². The Morgan fingerprint density at radius 2 is 1.66 bits per heavy atom. The minimum atomic E-state index is -5.98. The number of carbonyl (C=O) groups is 3. The number of ether oxygens (including phenoxy) is 3. The SMILES string of the molecule is C=C1/C(=C\C=C2/CCC[C@]3(C)C(CCC#CC(OC(C)=O)(C(F)(F)F)C(F)(F)F)=CCC23)C[C@@H](OC(C)=O)C[C@@H]1OC(C)=O. The number of halogens is 6. The van der Waals surface area contributed by atoms with E-state index >= 15 is 0 Å². The second-order valence-electron chi connectivity index (χ2n) is 11.6. The van der Waals surface area contributed by atoms with Crippen LogP contribution in [0.25, 0.3) is 0 Å². The van der Waals surface area contributed by atoms with Crippen molar-refractivity contribution in [3.05, 3.63) is 47.1 Å². The van der Waals surface area contributed by atoms with Crippen LogP contribution in [0.4, 0.5) is 26.3 Å². The summed E-state index contributed by atoms with van der Waals surface area (Å²) in [7, 11) is 0. The molecular formula is C32H36F6O6. The zero-order valence-corrected chi connectivity index (χ0v) is 25.0. The number of fused-ring (bicyclic) bond motifs is 1. The highest BCUT2D eigenvalue weighted by Crippen LogP contribution is 2.56. The van der Waals surface area contributed by atoms with Gasteiger partial charge in [-0.2, -0.15) is 26.3 Å². The monoisotopic (exact) mass is 630 g/mol. The maximum absolute atomic E-state index is 13.5. The van der Waals surface area contributed by atoms with E-state index in [4.69, 9.17) is 9.47 Å². The van der Waals surface area contributed by atoms with E-state index in [0.717, 1.165) is 36.0 Å². The molecule has 0 amide bonds. The van der Waals surface area contributed by atoms with Gasteiger partial charge in [0.2, 0.25) is 0 Å². The van der Waals surface area contributed by atoms with Gasteiger partial charge in [0.15, 0.2) is 0 Å². The summed E-state index contributed by atoms with van der Waals surface area (Å²) in [6.07, 6.45) is -3.64. The highest BCUT2D eigenvalue weighted by atomic mass is 19.4. The normalized spacial score (nSPS) is 27.6. The Labute approximate surface area is 252 Å². The van der Waals surface area contributed by atoms with E-state index in [9.17, 15) is 40.7 Å². The average Bonchev–Trinajstić information content (AvgIpc) is 3.21. The third kappa shape index (κ3) is 7.59. The molecule has 0 spiro atoms. The molecule has 4 atom stereocenters. The fourth-order valence-electron chi connectivity index (χ4n) is 6.41. The lowest BCUT2D eigenvalue weighted by atomic mass is 9.63. The van der Waals surface area contributed by atoms with Crippen molar-refractivity contribution in [2.75, 3.05) is 0 Å². The van der Waals surface area contributed by atoms with E-state index in [1.54, 1.807) is 0 Å². The third-order valence-electron chi connectivity index (χ3n) is 8.46. The largest absolute Gasteiger partial charge is 0.462 e. The van der Waals surface area contributed by atoms with Crippen LogP contribution in [-0.4, -0.2) is 48.1 Å². The third-order valence-corrected chi connectivity index (χ3v) is 8.46. The second-order valence-corrected chi connectivity index (χ2v) is 11.6. The Bertz CT molecular complexity index is 1310. The van der Waals surface area contributed by atoms with Crippen LogP contribution in [0, 0.1) is 23.2 Å². The quantitative estimate of drug-likeness (QED) is 0.100. The van der Waals surface area contributed by atoms with Gasteiger partial charge in [-0.25, -0.2) is 0 Å². The van der Waals surface area contributed by atoms with E-state index in [1.807, 2.05) is 31.1 Å². The molecule has 0 aromatic carbocycles. The van der Waals surface area contributed by atoms with Crippen LogP contribution >= 0.6 is 0 Å². The van der Waals surface area contributed by atoms with Crippen molar-refractivity contribution in [1.29, 1.82) is 0 Å². The van der Waals surface area contributed by atoms with Gasteiger partial charge in [0, 0.05) is 40.0 Å². The van der Waals surface area contributed by atoms with E-state index < -0.39 is 48.1 Å². The molecule has 3 aliphatic carbocycles. The molecule has 1 unspecified atom stereocenters. The van der Waals surface area contributed by atoms with Crippen molar-refractivity contribution in [2.45, 2.75) is 109 Å². The number of hydrogen-bond acceptors (Lipinski definition) is 6. The van der Waals surface area contributed by atoms with Crippen LogP contribution < -0.4 is 0 Å². The molecule has 0 bridgehead atoms. The first-order valence-corrected chi connectivity index (χ1v) is 14.3. The minimum Gasteiger partial charge on any atom is -0.462 e. The molecule has 3 aliphatic rings. The molecule has 0 aromatic rings. The number of esters is 3. The summed E-state index contributed by atoms with van der Waals surface area (Å²) in [6.45, 7) is 9.18. The van der Waals surface area contributed by atoms with Gasteiger partial charge in [-0.1, -0.05) is 48.8 Å². The first kappa shape index (κ1) is 35.0. The fourth-order valence-corrected chi connectivity index (χ4v) is 6.41. The van der Waals surface area contributed by atoms with Gasteiger partial charge < -0.3 is 14.2 Å². The van der Waals surface area contributed by atoms with E-state index in [-0.39, 0.29) is 24.2 Å². The molecule has 0 heterocycles. The Kier molecular flexibility index (Phi) is 10.5. The van der Waals surface area contributed by atoms with E-state index in [2.05, 4.69) is 11.3 Å².